The zero-order valence-corrected chi connectivity index (χ0v) is 8.80. The van der Waals surface area contributed by atoms with Crippen LogP contribution in [0.2, 0.25) is 0 Å². The van der Waals surface area contributed by atoms with Crippen LogP contribution in [0, 0.1) is 11.8 Å². The van der Waals surface area contributed by atoms with Gasteiger partial charge in [-0.05, 0) is 38.5 Å². The predicted octanol–water partition coefficient (Wildman–Crippen LogP) is 3.00. The summed E-state index contributed by atoms with van der Waals surface area (Å²) >= 11 is 0. The average Bonchev–Trinajstić information content (AvgIpc) is 1.97. The van der Waals surface area contributed by atoms with Crippen molar-refractivity contribution in [3.05, 3.63) is 11.6 Å². The first kappa shape index (κ1) is 11.7. The minimum atomic E-state index is 0.321. The molecule has 0 aromatic carbocycles. The van der Waals surface area contributed by atoms with E-state index < -0.39 is 0 Å². The van der Waals surface area contributed by atoms with Gasteiger partial charge in [0.1, 0.15) is 0 Å². The van der Waals surface area contributed by atoms with E-state index in [9.17, 15) is 0 Å². The minimum Gasteiger partial charge on any atom is -0.396 e. The molecule has 1 heteroatoms. The second kappa shape index (κ2) is 6.24. The highest BCUT2D eigenvalue weighted by Gasteiger charge is 2.07. The van der Waals surface area contributed by atoms with Gasteiger partial charge in [0, 0.05) is 6.61 Å². The standard InChI is InChI=1S/C11H22O/c1-9(2)5-6-11(8-12)7-10(3)4/h5,10-12H,6-8H2,1-4H3. The summed E-state index contributed by atoms with van der Waals surface area (Å²) in [6.45, 7) is 8.92. The fraction of sp³-hybridized carbons (Fsp3) is 0.818. The van der Waals surface area contributed by atoms with Gasteiger partial charge in [0.05, 0.1) is 0 Å². The topological polar surface area (TPSA) is 20.2 Å². The van der Waals surface area contributed by atoms with Crippen molar-refractivity contribution in [3.8, 4) is 0 Å². The third-order valence-electron chi connectivity index (χ3n) is 1.92. The van der Waals surface area contributed by atoms with Crippen LogP contribution in [0.25, 0.3) is 0 Å². The zero-order chi connectivity index (χ0) is 9.56. The van der Waals surface area contributed by atoms with E-state index in [-0.39, 0.29) is 0 Å². The maximum atomic E-state index is 9.06. The summed E-state index contributed by atoms with van der Waals surface area (Å²) in [5.41, 5.74) is 1.34. The van der Waals surface area contributed by atoms with Gasteiger partial charge in [0.15, 0.2) is 0 Å². The Morgan fingerprint density at radius 3 is 2.25 bits per heavy atom. The second-order valence-electron chi connectivity index (χ2n) is 4.20. The Balaban J connectivity index is 3.75. The molecule has 0 saturated heterocycles. The summed E-state index contributed by atoms with van der Waals surface area (Å²) in [5.74, 6) is 1.15. The average molecular weight is 170 g/mol. The first-order chi connectivity index (χ1) is 5.56. The van der Waals surface area contributed by atoms with Crippen molar-refractivity contribution in [2.75, 3.05) is 6.61 Å². The Hall–Kier alpha value is -0.300. The number of aliphatic hydroxyl groups is 1. The summed E-state index contributed by atoms with van der Waals surface area (Å²) in [6, 6.07) is 0. The molecule has 0 aliphatic rings. The third kappa shape index (κ3) is 6.41. The lowest BCUT2D eigenvalue weighted by Gasteiger charge is -2.14. The molecule has 0 aliphatic heterocycles. The number of allylic oxidation sites excluding steroid dienone is 2. The molecule has 0 amide bonds. The molecule has 0 fully saturated rings. The Labute approximate surface area is 76.5 Å². The van der Waals surface area contributed by atoms with Gasteiger partial charge in [0.2, 0.25) is 0 Å². The van der Waals surface area contributed by atoms with Crippen LogP contribution in [0.5, 0.6) is 0 Å². The van der Waals surface area contributed by atoms with Crippen LogP contribution in [0.3, 0.4) is 0 Å². The molecule has 12 heavy (non-hydrogen) atoms. The summed E-state index contributed by atoms with van der Waals surface area (Å²) in [5, 5.41) is 9.06. The molecule has 0 aliphatic carbocycles. The van der Waals surface area contributed by atoms with Crippen LogP contribution in [0.15, 0.2) is 11.6 Å². The number of aliphatic hydroxyl groups excluding tert-OH is 1. The van der Waals surface area contributed by atoms with E-state index in [1.165, 1.54) is 5.57 Å². The molecular formula is C11H22O. The van der Waals surface area contributed by atoms with Crippen molar-refractivity contribution >= 4 is 0 Å². The van der Waals surface area contributed by atoms with Crippen LogP contribution in [0.1, 0.15) is 40.5 Å². The second-order valence-corrected chi connectivity index (χ2v) is 4.20. The van der Waals surface area contributed by atoms with Crippen molar-refractivity contribution in [3.63, 3.8) is 0 Å². The van der Waals surface area contributed by atoms with Gasteiger partial charge in [-0.25, -0.2) is 0 Å². The Kier molecular flexibility index (Phi) is 6.09. The van der Waals surface area contributed by atoms with Crippen molar-refractivity contribution in [1.29, 1.82) is 0 Å². The van der Waals surface area contributed by atoms with Crippen molar-refractivity contribution < 1.29 is 5.11 Å². The molecule has 0 bridgehead atoms. The molecule has 1 nitrogen and oxygen atoms in total. The normalized spacial score (nSPS) is 13.2. The molecule has 72 valence electrons. The molecule has 0 spiro atoms. The van der Waals surface area contributed by atoms with Crippen LogP contribution in [-0.2, 0) is 0 Å². The molecule has 0 aromatic heterocycles. The minimum absolute atomic E-state index is 0.321. The summed E-state index contributed by atoms with van der Waals surface area (Å²) in [6.07, 6.45) is 4.36. The number of rotatable bonds is 5. The van der Waals surface area contributed by atoms with E-state index >= 15 is 0 Å². The van der Waals surface area contributed by atoms with Gasteiger partial charge >= 0.3 is 0 Å². The first-order valence-corrected chi connectivity index (χ1v) is 4.80. The van der Waals surface area contributed by atoms with Gasteiger partial charge in [-0.15, -0.1) is 0 Å². The molecule has 1 unspecified atom stereocenters. The van der Waals surface area contributed by atoms with Gasteiger partial charge < -0.3 is 5.11 Å². The molecule has 0 heterocycles. The van der Waals surface area contributed by atoms with E-state index in [0.29, 0.717) is 18.4 Å². The predicted molar refractivity (Wildman–Crippen MR) is 54.1 cm³/mol. The molecule has 0 radical (unpaired) electrons. The van der Waals surface area contributed by atoms with Crippen LogP contribution < -0.4 is 0 Å². The highest BCUT2D eigenvalue weighted by atomic mass is 16.3. The SMILES string of the molecule is CC(C)=CCC(CO)CC(C)C. The van der Waals surface area contributed by atoms with E-state index in [0.717, 1.165) is 12.8 Å². The van der Waals surface area contributed by atoms with Crippen molar-refractivity contribution in [2.45, 2.75) is 40.5 Å². The van der Waals surface area contributed by atoms with Gasteiger partial charge in [-0.3, -0.25) is 0 Å². The Bertz CT molecular complexity index is 132. The third-order valence-corrected chi connectivity index (χ3v) is 1.92. The smallest absolute Gasteiger partial charge is 0.0462 e. The van der Waals surface area contributed by atoms with E-state index in [4.69, 9.17) is 5.11 Å². The van der Waals surface area contributed by atoms with E-state index in [1.807, 2.05) is 0 Å². The summed E-state index contributed by atoms with van der Waals surface area (Å²) in [4.78, 5) is 0. The largest absolute Gasteiger partial charge is 0.396 e. The monoisotopic (exact) mass is 170 g/mol. The highest BCUT2D eigenvalue weighted by molar-refractivity contribution is 4.94. The van der Waals surface area contributed by atoms with Crippen molar-refractivity contribution in [2.24, 2.45) is 11.8 Å². The van der Waals surface area contributed by atoms with Gasteiger partial charge in [-0.2, -0.15) is 0 Å². The number of hydrogen-bond donors (Lipinski definition) is 1. The lowest BCUT2D eigenvalue weighted by atomic mass is 9.94. The number of hydrogen-bond acceptors (Lipinski definition) is 1. The lowest BCUT2D eigenvalue weighted by molar-refractivity contribution is 0.207. The fourth-order valence-electron chi connectivity index (χ4n) is 1.31. The fourth-order valence-corrected chi connectivity index (χ4v) is 1.31. The highest BCUT2D eigenvalue weighted by Crippen LogP contribution is 2.15. The molecule has 1 N–H and O–H groups in total. The van der Waals surface area contributed by atoms with Gasteiger partial charge in [-0.1, -0.05) is 25.5 Å². The van der Waals surface area contributed by atoms with Crippen LogP contribution >= 0.6 is 0 Å². The van der Waals surface area contributed by atoms with Crippen LogP contribution in [0.4, 0.5) is 0 Å². The Morgan fingerprint density at radius 1 is 1.33 bits per heavy atom. The van der Waals surface area contributed by atoms with Crippen LogP contribution in [-0.4, -0.2) is 11.7 Å². The van der Waals surface area contributed by atoms with Gasteiger partial charge in [0.25, 0.3) is 0 Å². The quantitative estimate of drug-likeness (QED) is 0.629. The van der Waals surface area contributed by atoms with E-state index in [1.54, 1.807) is 0 Å². The molecule has 0 aromatic rings. The lowest BCUT2D eigenvalue weighted by Crippen LogP contribution is -2.08. The van der Waals surface area contributed by atoms with E-state index in [2.05, 4.69) is 33.8 Å². The molecule has 0 saturated carbocycles. The summed E-state index contributed by atoms with van der Waals surface area (Å²) in [7, 11) is 0. The first-order valence-electron chi connectivity index (χ1n) is 4.80. The van der Waals surface area contributed by atoms with Crippen molar-refractivity contribution in [1.82, 2.24) is 0 Å². The zero-order valence-electron chi connectivity index (χ0n) is 8.80. The summed E-state index contributed by atoms with van der Waals surface area (Å²) < 4.78 is 0. The maximum Gasteiger partial charge on any atom is 0.0462 e. The molecule has 1 atom stereocenters. The molecular weight excluding hydrogens is 148 g/mol. The Morgan fingerprint density at radius 2 is 1.92 bits per heavy atom. The molecule has 0 rings (SSSR count). The maximum absolute atomic E-state index is 9.06.